The molecule has 2 aromatic carbocycles. The van der Waals surface area contributed by atoms with Gasteiger partial charge in [0.25, 0.3) is 5.91 Å². The zero-order valence-electron chi connectivity index (χ0n) is 12.5. The maximum Gasteiger partial charge on any atom is 0.339 e. The molecule has 23 heavy (non-hydrogen) atoms. The Labute approximate surface area is 138 Å². The lowest BCUT2D eigenvalue weighted by Crippen LogP contribution is -2.21. The van der Waals surface area contributed by atoms with Crippen molar-refractivity contribution in [2.75, 3.05) is 17.7 Å². The van der Waals surface area contributed by atoms with Crippen molar-refractivity contribution >= 4 is 29.3 Å². The highest BCUT2D eigenvalue weighted by Gasteiger charge is 2.14. The van der Waals surface area contributed by atoms with E-state index in [0.29, 0.717) is 5.56 Å². The number of anilines is 1. The van der Waals surface area contributed by atoms with Crippen LogP contribution in [-0.2, 0) is 9.53 Å². The second-order valence-electron chi connectivity index (χ2n) is 4.53. The standard InChI is InChI=1S/C17H16FNO3S/c1-2-23-15-10-6-3-7-12(15)17(21)22-11-16(20)19-14-9-5-4-8-13(14)18/h3-10H,2,11H2,1H3,(H,19,20). The van der Waals surface area contributed by atoms with Crippen molar-refractivity contribution in [2.45, 2.75) is 11.8 Å². The van der Waals surface area contributed by atoms with Crippen LogP contribution in [0.5, 0.6) is 0 Å². The average molecular weight is 333 g/mol. The Morgan fingerprint density at radius 2 is 1.83 bits per heavy atom. The predicted molar refractivity (Wildman–Crippen MR) is 88.2 cm³/mol. The van der Waals surface area contributed by atoms with E-state index in [1.54, 1.807) is 18.2 Å². The third kappa shape index (κ3) is 4.82. The fraction of sp³-hybridized carbons (Fsp3) is 0.176. The maximum absolute atomic E-state index is 13.4. The van der Waals surface area contributed by atoms with Crippen molar-refractivity contribution in [2.24, 2.45) is 0 Å². The molecule has 2 aromatic rings. The molecule has 1 amide bonds. The predicted octanol–water partition coefficient (Wildman–Crippen LogP) is 3.73. The summed E-state index contributed by atoms with van der Waals surface area (Å²) in [6, 6.07) is 12.8. The molecule has 120 valence electrons. The monoisotopic (exact) mass is 333 g/mol. The van der Waals surface area contributed by atoms with Gasteiger partial charge in [-0.05, 0) is 30.0 Å². The Kier molecular flexibility index (Phi) is 6.17. The molecule has 0 bridgehead atoms. The number of ether oxygens (including phenoxy) is 1. The molecule has 6 heteroatoms. The van der Waals surface area contributed by atoms with Gasteiger partial charge in [-0.3, -0.25) is 4.79 Å². The van der Waals surface area contributed by atoms with Gasteiger partial charge in [-0.25, -0.2) is 9.18 Å². The smallest absolute Gasteiger partial charge is 0.339 e. The molecular weight excluding hydrogens is 317 g/mol. The summed E-state index contributed by atoms with van der Waals surface area (Å²) in [5.74, 6) is -0.899. The van der Waals surface area contributed by atoms with E-state index in [-0.39, 0.29) is 5.69 Å². The number of esters is 1. The summed E-state index contributed by atoms with van der Waals surface area (Å²) in [7, 11) is 0. The van der Waals surface area contributed by atoms with E-state index in [1.807, 2.05) is 19.1 Å². The van der Waals surface area contributed by atoms with Gasteiger partial charge in [0.1, 0.15) is 5.82 Å². The van der Waals surface area contributed by atoms with Crippen LogP contribution in [-0.4, -0.2) is 24.2 Å². The largest absolute Gasteiger partial charge is 0.452 e. The van der Waals surface area contributed by atoms with Gasteiger partial charge < -0.3 is 10.1 Å². The van der Waals surface area contributed by atoms with Gasteiger partial charge in [0.2, 0.25) is 0 Å². The highest BCUT2D eigenvalue weighted by molar-refractivity contribution is 7.99. The lowest BCUT2D eigenvalue weighted by Gasteiger charge is -2.09. The Balaban J connectivity index is 1.94. The number of nitrogens with one attached hydrogen (secondary N) is 1. The quantitative estimate of drug-likeness (QED) is 0.646. The number of amides is 1. The maximum atomic E-state index is 13.4. The number of hydrogen-bond acceptors (Lipinski definition) is 4. The van der Waals surface area contributed by atoms with Crippen LogP contribution in [0.25, 0.3) is 0 Å². The molecular formula is C17H16FNO3S. The van der Waals surface area contributed by atoms with E-state index in [0.717, 1.165) is 10.6 Å². The molecule has 0 aromatic heterocycles. The van der Waals surface area contributed by atoms with Gasteiger partial charge in [-0.15, -0.1) is 11.8 Å². The van der Waals surface area contributed by atoms with Crippen LogP contribution in [0, 0.1) is 5.82 Å². The molecule has 0 spiro atoms. The Morgan fingerprint density at radius 3 is 2.57 bits per heavy atom. The number of hydrogen-bond donors (Lipinski definition) is 1. The minimum atomic E-state index is -0.593. The van der Waals surface area contributed by atoms with Crippen LogP contribution in [0.4, 0.5) is 10.1 Å². The minimum absolute atomic E-state index is 0.0514. The van der Waals surface area contributed by atoms with E-state index in [4.69, 9.17) is 4.74 Å². The van der Waals surface area contributed by atoms with E-state index in [2.05, 4.69) is 5.32 Å². The summed E-state index contributed by atoms with van der Waals surface area (Å²) in [5, 5.41) is 2.36. The first-order valence-corrected chi connectivity index (χ1v) is 8.03. The fourth-order valence-corrected chi connectivity index (χ4v) is 2.67. The summed E-state index contributed by atoms with van der Waals surface area (Å²) in [6.45, 7) is 1.51. The molecule has 0 fully saturated rings. The van der Waals surface area contributed by atoms with Crippen LogP contribution >= 0.6 is 11.8 Å². The number of benzene rings is 2. The summed E-state index contributed by atoms with van der Waals surface area (Å²) < 4.78 is 18.4. The van der Waals surface area contributed by atoms with Gasteiger partial charge in [0.05, 0.1) is 11.3 Å². The number of carbonyl (C=O) groups excluding carboxylic acids is 2. The Bertz CT molecular complexity index is 706. The topological polar surface area (TPSA) is 55.4 Å². The third-order valence-electron chi connectivity index (χ3n) is 2.89. The highest BCUT2D eigenvalue weighted by atomic mass is 32.2. The van der Waals surface area contributed by atoms with Crippen molar-refractivity contribution < 1.29 is 18.7 Å². The lowest BCUT2D eigenvalue weighted by atomic mass is 10.2. The molecule has 0 heterocycles. The summed E-state index contributed by atoms with van der Waals surface area (Å²) in [6.07, 6.45) is 0. The molecule has 0 aliphatic heterocycles. The SMILES string of the molecule is CCSc1ccccc1C(=O)OCC(=O)Nc1ccccc1F. The van der Waals surface area contributed by atoms with E-state index in [1.165, 1.54) is 30.0 Å². The summed E-state index contributed by atoms with van der Waals surface area (Å²) in [4.78, 5) is 24.6. The number of carbonyl (C=O) groups is 2. The highest BCUT2D eigenvalue weighted by Crippen LogP contribution is 2.22. The number of thioether (sulfide) groups is 1. The third-order valence-corrected chi connectivity index (χ3v) is 3.84. The van der Waals surface area contributed by atoms with Crippen LogP contribution in [0.3, 0.4) is 0 Å². The minimum Gasteiger partial charge on any atom is -0.452 e. The molecule has 0 atom stereocenters. The van der Waals surface area contributed by atoms with Crippen LogP contribution in [0.2, 0.25) is 0 Å². The van der Waals surface area contributed by atoms with Crippen LogP contribution in [0.15, 0.2) is 53.4 Å². The summed E-state index contributed by atoms with van der Waals surface area (Å²) >= 11 is 1.52. The normalized spacial score (nSPS) is 10.2. The molecule has 0 unspecified atom stereocenters. The first-order chi connectivity index (χ1) is 11.1. The molecule has 0 saturated carbocycles. The van der Waals surface area contributed by atoms with Crippen molar-refractivity contribution in [1.82, 2.24) is 0 Å². The molecule has 1 N–H and O–H groups in total. The zero-order valence-corrected chi connectivity index (χ0v) is 13.4. The molecule has 0 saturated heterocycles. The van der Waals surface area contributed by atoms with Gasteiger partial charge in [0.15, 0.2) is 6.61 Å². The number of rotatable bonds is 6. The number of halogens is 1. The molecule has 0 aliphatic rings. The summed E-state index contributed by atoms with van der Waals surface area (Å²) in [5.41, 5.74) is 0.466. The second-order valence-corrected chi connectivity index (χ2v) is 5.84. The Hall–Kier alpha value is -2.34. The van der Waals surface area contributed by atoms with Crippen LogP contribution in [0.1, 0.15) is 17.3 Å². The molecule has 0 aliphatic carbocycles. The van der Waals surface area contributed by atoms with Gasteiger partial charge in [0, 0.05) is 4.90 Å². The first kappa shape index (κ1) is 17.0. The van der Waals surface area contributed by atoms with Crippen LogP contribution < -0.4 is 5.32 Å². The molecule has 0 radical (unpaired) electrons. The van der Waals surface area contributed by atoms with Crippen molar-refractivity contribution in [1.29, 1.82) is 0 Å². The van der Waals surface area contributed by atoms with E-state index in [9.17, 15) is 14.0 Å². The van der Waals surface area contributed by atoms with Crippen molar-refractivity contribution in [3.63, 3.8) is 0 Å². The van der Waals surface area contributed by atoms with Crippen molar-refractivity contribution in [3.8, 4) is 0 Å². The lowest BCUT2D eigenvalue weighted by molar-refractivity contribution is -0.119. The van der Waals surface area contributed by atoms with E-state index < -0.39 is 24.3 Å². The molecule has 2 rings (SSSR count). The van der Waals surface area contributed by atoms with Crippen molar-refractivity contribution in [3.05, 3.63) is 59.9 Å². The average Bonchev–Trinajstić information content (AvgIpc) is 2.55. The van der Waals surface area contributed by atoms with E-state index >= 15 is 0 Å². The number of para-hydroxylation sites is 1. The first-order valence-electron chi connectivity index (χ1n) is 7.05. The van der Waals surface area contributed by atoms with Gasteiger partial charge in [-0.1, -0.05) is 31.2 Å². The zero-order chi connectivity index (χ0) is 16.7. The Morgan fingerprint density at radius 1 is 1.13 bits per heavy atom. The second kappa shape index (κ2) is 8.33. The fourth-order valence-electron chi connectivity index (χ4n) is 1.87. The van der Waals surface area contributed by atoms with Gasteiger partial charge in [-0.2, -0.15) is 0 Å². The van der Waals surface area contributed by atoms with Gasteiger partial charge >= 0.3 is 5.97 Å². The molecule has 4 nitrogen and oxygen atoms in total.